The Kier molecular flexibility index (Phi) is 4.83. The van der Waals surface area contributed by atoms with Crippen molar-refractivity contribution in [1.82, 2.24) is 0 Å². The van der Waals surface area contributed by atoms with Crippen molar-refractivity contribution in [3.8, 4) is 5.75 Å². The Hall–Kier alpha value is -2.04. The lowest BCUT2D eigenvalue weighted by atomic mass is 9.80. The number of carboxylic acid groups (broad SMARTS) is 1. The molecule has 5 heteroatoms. The third-order valence-electron chi connectivity index (χ3n) is 3.67. The van der Waals surface area contributed by atoms with Crippen LogP contribution < -0.4 is 4.74 Å². The van der Waals surface area contributed by atoms with E-state index < -0.39 is 11.6 Å². The molecule has 0 heterocycles. The van der Waals surface area contributed by atoms with Gasteiger partial charge in [-0.05, 0) is 50.3 Å². The summed E-state index contributed by atoms with van der Waals surface area (Å²) >= 11 is 0. The van der Waals surface area contributed by atoms with E-state index in [4.69, 9.17) is 14.6 Å². The number of hydrogen-bond acceptors (Lipinski definition) is 4. The van der Waals surface area contributed by atoms with Gasteiger partial charge in [-0.3, -0.25) is 4.79 Å². The minimum Gasteiger partial charge on any atom is -0.481 e. The monoisotopic (exact) mass is 292 g/mol. The van der Waals surface area contributed by atoms with Gasteiger partial charge in [0, 0.05) is 6.42 Å². The van der Waals surface area contributed by atoms with Crippen LogP contribution in [0.5, 0.6) is 5.75 Å². The first-order valence-electron chi connectivity index (χ1n) is 7.23. The fourth-order valence-corrected chi connectivity index (χ4v) is 2.31. The van der Waals surface area contributed by atoms with Crippen LogP contribution in [-0.2, 0) is 20.7 Å². The highest BCUT2D eigenvalue weighted by Gasteiger charge is 2.48. The summed E-state index contributed by atoms with van der Waals surface area (Å²) < 4.78 is 10.9. The molecule has 0 unspecified atom stereocenters. The van der Waals surface area contributed by atoms with E-state index in [0.29, 0.717) is 31.6 Å². The fourth-order valence-electron chi connectivity index (χ4n) is 2.31. The SMILES string of the molecule is CCOC(=O)C1(Oc2ccc(CCC(=O)O)cc2)CCC1. The predicted molar refractivity (Wildman–Crippen MR) is 76.2 cm³/mol. The molecule has 1 saturated carbocycles. The van der Waals surface area contributed by atoms with Crippen molar-refractivity contribution in [2.75, 3.05) is 6.61 Å². The maximum absolute atomic E-state index is 12.0. The number of ether oxygens (including phenoxy) is 2. The van der Waals surface area contributed by atoms with E-state index in [1.165, 1.54) is 0 Å². The molecule has 1 N–H and O–H groups in total. The fraction of sp³-hybridized carbons (Fsp3) is 0.500. The van der Waals surface area contributed by atoms with Crippen molar-refractivity contribution in [3.63, 3.8) is 0 Å². The molecule has 1 aromatic rings. The molecule has 0 radical (unpaired) electrons. The molecule has 0 atom stereocenters. The lowest BCUT2D eigenvalue weighted by Gasteiger charge is -2.39. The topological polar surface area (TPSA) is 72.8 Å². The largest absolute Gasteiger partial charge is 0.481 e. The first-order chi connectivity index (χ1) is 10.1. The molecule has 21 heavy (non-hydrogen) atoms. The zero-order valence-corrected chi connectivity index (χ0v) is 12.1. The van der Waals surface area contributed by atoms with E-state index >= 15 is 0 Å². The average Bonchev–Trinajstić information content (AvgIpc) is 2.42. The van der Waals surface area contributed by atoms with Crippen LogP contribution >= 0.6 is 0 Å². The number of hydrogen-bond donors (Lipinski definition) is 1. The number of carboxylic acids is 1. The van der Waals surface area contributed by atoms with Gasteiger partial charge in [-0.25, -0.2) is 4.79 Å². The maximum Gasteiger partial charge on any atom is 0.350 e. The number of carbonyl (C=O) groups excluding carboxylic acids is 1. The van der Waals surface area contributed by atoms with Crippen molar-refractivity contribution in [1.29, 1.82) is 0 Å². The van der Waals surface area contributed by atoms with Crippen molar-refractivity contribution >= 4 is 11.9 Å². The van der Waals surface area contributed by atoms with Gasteiger partial charge in [-0.2, -0.15) is 0 Å². The number of aryl methyl sites for hydroxylation is 1. The van der Waals surface area contributed by atoms with E-state index in [-0.39, 0.29) is 12.4 Å². The van der Waals surface area contributed by atoms with Gasteiger partial charge in [0.15, 0.2) is 0 Å². The summed E-state index contributed by atoms with van der Waals surface area (Å²) in [5.41, 5.74) is 0.0991. The molecule has 2 rings (SSSR count). The van der Waals surface area contributed by atoms with Crippen LogP contribution in [0, 0.1) is 0 Å². The molecule has 0 amide bonds. The number of aliphatic carboxylic acids is 1. The molecule has 1 aliphatic carbocycles. The van der Waals surface area contributed by atoms with Crippen LogP contribution in [0.3, 0.4) is 0 Å². The summed E-state index contributed by atoms with van der Waals surface area (Å²) in [4.78, 5) is 22.5. The minimum absolute atomic E-state index is 0.104. The molecule has 0 saturated heterocycles. The number of rotatable bonds is 7. The minimum atomic E-state index is -0.835. The third-order valence-corrected chi connectivity index (χ3v) is 3.67. The number of esters is 1. The van der Waals surface area contributed by atoms with E-state index in [1.807, 2.05) is 12.1 Å². The first-order valence-corrected chi connectivity index (χ1v) is 7.23. The second kappa shape index (κ2) is 6.61. The first kappa shape index (κ1) is 15.4. The van der Waals surface area contributed by atoms with Crippen molar-refractivity contribution < 1.29 is 24.2 Å². The zero-order valence-electron chi connectivity index (χ0n) is 12.1. The quantitative estimate of drug-likeness (QED) is 0.782. The highest BCUT2D eigenvalue weighted by molar-refractivity contribution is 5.81. The standard InChI is InChI=1S/C16H20O5/c1-2-20-15(19)16(10-3-11-16)21-13-7-4-12(5-8-13)6-9-14(17)18/h4-5,7-8H,2-3,6,9-11H2,1H3,(H,17,18). The van der Waals surface area contributed by atoms with Gasteiger partial charge in [0.1, 0.15) is 5.75 Å². The van der Waals surface area contributed by atoms with Crippen LogP contribution in [0.25, 0.3) is 0 Å². The Morgan fingerprint density at radius 1 is 1.24 bits per heavy atom. The van der Waals surface area contributed by atoms with E-state index in [1.54, 1.807) is 19.1 Å². The van der Waals surface area contributed by atoms with Crippen molar-refractivity contribution in [2.24, 2.45) is 0 Å². The molecular weight excluding hydrogens is 272 g/mol. The molecule has 0 bridgehead atoms. The van der Waals surface area contributed by atoms with Crippen LogP contribution in [0.1, 0.15) is 38.2 Å². The smallest absolute Gasteiger partial charge is 0.350 e. The Morgan fingerprint density at radius 2 is 1.90 bits per heavy atom. The van der Waals surface area contributed by atoms with Gasteiger partial charge in [0.2, 0.25) is 5.60 Å². The van der Waals surface area contributed by atoms with Gasteiger partial charge in [0.25, 0.3) is 0 Å². The highest BCUT2D eigenvalue weighted by Crippen LogP contribution is 2.37. The van der Waals surface area contributed by atoms with Gasteiger partial charge in [-0.1, -0.05) is 12.1 Å². The zero-order chi connectivity index (χ0) is 15.3. The molecule has 5 nitrogen and oxygen atoms in total. The van der Waals surface area contributed by atoms with Crippen LogP contribution in [0.2, 0.25) is 0 Å². The Bertz CT molecular complexity index is 502. The van der Waals surface area contributed by atoms with Crippen LogP contribution in [0.15, 0.2) is 24.3 Å². The molecule has 1 fully saturated rings. The van der Waals surface area contributed by atoms with Gasteiger partial charge in [0.05, 0.1) is 6.61 Å². The number of benzene rings is 1. The lowest BCUT2D eigenvalue weighted by molar-refractivity contribution is -0.169. The molecular formula is C16H20O5. The van der Waals surface area contributed by atoms with Gasteiger partial charge in [-0.15, -0.1) is 0 Å². The van der Waals surface area contributed by atoms with Crippen molar-refractivity contribution in [2.45, 2.75) is 44.6 Å². The Morgan fingerprint density at radius 3 is 2.38 bits per heavy atom. The van der Waals surface area contributed by atoms with Gasteiger partial charge >= 0.3 is 11.9 Å². The number of carbonyl (C=O) groups is 2. The molecule has 1 aromatic carbocycles. The normalized spacial score (nSPS) is 15.9. The molecule has 0 aliphatic heterocycles. The van der Waals surface area contributed by atoms with Crippen LogP contribution in [-0.4, -0.2) is 29.3 Å². The third kappa shape index (κ3) is 3.74. The van der Waals surface area contributed by atoms with Crippen LogP contribution in [0.4, 0.5) is 0 Å². The second-order valence-corrected chi connectivity index (χ2v) is 5.21. The highest BCUT2D eigenvalue weighted by atomic mass is 16.6. The molecule has 114 valence electrons. The Balaban J connectivity index is 1.98. The molecule has 1 aliphatic rings. The summed E-state index contributed by atoms with van der Waals surface area (Å²) in [5.74, 6) is -0.501. The summed E-state index contributed by atoms with van der Waals surface area (Å²) in [5, 5.41) is 8.66. The maximum atomic E-state index is 12.0. The summed E-state index contributed by atoms with van der Waals surface area (Å²) in [6, 6.07) is 7.21. The average molecular weight is 292 g/mol. The predicted octanol–water partition coefficient (Wildman–Crippen LogP) is 2.57. The molecule has 0 aromatic heterocycles. The summed E-state index contributed by atoms with van der Waals surface area (Å²) in [7, 11) is 0. The van der Waals surface area contributed by atoms with Crippen molar-refractivity contribution in [3.05, 3.63) is 29.8 Å². The second-order valence-electron chi connectivity index (χ2n) is 5.21. The molecule has 0 spiro atoms. The Labute approximate surface area is 123 Å². The lowest BCUT2D eigenvalue weighted by Crippen LogP contribution is -2.51. The van der Waals surface area contributed by atoms with E-state index in [0.717, 1.165) is 12.0 Å². The van der Waals surface area contributed by atoms with Gasteiger partial charge < -0.3 is 14.6 Å². The summed E-state index contributed by atoms with van der Waals surface area (Å²) in [6.07, 6.45) is 2.89. The summed E-state index contributed by atoms with van der Waals surface area (Å²) in [6.45, 7) is 2.12. The van der Waals surface area contributed by atoms with E-state index in [2.05, 4.69) is 0 Å². The van der Waals surface area contributed by atoms with E-state index in [9.17, 15) is 9.59 Å².